The summed E-state index contributed by atoms with van der Waals surface area (Å²) in [5.41, 5.74) is 3.26. The molecule has 0 fully saturated rings. The van der Waals surface area contributed by atoms with Crippen molar-refractivity contribution in [2.75, 3.05) is 13.6 Å². The van der Waals surface area contributed by atoms with Gasteiger partial charge < -0.3 is 10.4 Å². The fraction of sp³-hybridized carbons (Fsp3) is 0.533. The van der Waals surface area contributed by atoms with Crippen LogP contribution in [0.25, 0.3) is 0 Å². The highest BCUT2D eigenvalue weighted by molar-refractivity contribution is 5.77. The van der Waals surface area contributed by atoms with Gasteiger partial charge in [0.2, 0.25) is 0 Å². The highest BCUT2D eigenvalue weighted by Gasteiger charge is 2.22. The van der Waals surface area contributed by atoms with Crippen molar-refractivity contribution in [3.05, 3.63) is 34.9 Å². The van der Waals surface area contributed by atoms with Crippen LogP contribution in [0.1, 0.15) is 43.4 Å². The number of benzene rings is 1. The Morgan fingerprint density at radius 3 is 2.39 bits per heavy atom. The van der Waals surface area contributed by atoms with Crippen LogP contribution in [0.2, 0.25) is 0 Å². The number of aliphatic carboxylic acids is 1. The number of aryl methyl sites for hydroxylation is 1. The minimum absolute atomic E-state index is 0.0883. The molecule has 0 aliphatic heterocycles. The zero-order valence-corrected chi connectivity index (χ0v) is 11.9. The molecule has 1 unspecified atom stereocenters. The molecule has 18 heavy (non-hydrogen) atoms. The van der Waals surface area contributed by atoms with Crippen LogP contribution < -0.4 is 5.32 Å². The molecule has 3 heteroatoms. The van der Waals surface area contributed by atoms with E-state index in [1.807, 2.05) is 19.1 Å². The second-order valence-electron chi connectivity index (χ2n) is 5.77. The van der Waals surface area contributed by atoms with Crippen molar-refractivity contribution in [3.8, 4) is 0 Å². The smallest absolute Gasteiger partial charge is 0.312 e. The van der Waals surface area contributed by atoms with Crippen molar-refractivity contribution in [2.24, 2.45) is 0 Å². The zero-order valence-electron chi connectivity index (χ0n) is 11.9. The molecule has 0 aliphatic carbocycles. The van der Waals surface area contributed by atoms with E-state index in [-0.39, 0.29) is 5.41 Å². The van der Waals surface area contributed by atoms with Crippen molar-refractivity contribution in [1.82, 2.24) is 5.32 Å². The molecule has 0 aromatic heterocycles. The average Bonchev–Trinajstić information content (AvgIpc) is 2.24. The summed E-state index contributed by atoms with van der Waals surface area (Å²) < 4.78 is 0. The first kappa shape index (κ1) is 14.7. The van der Waals surface area contributed by atoms with Crippen LogP contribution in [0.4, 0.5) is 0 Å². The molecule has 0 saturated carbocycles. The third-order valence-electron chi connectivity index (χ3n) is 3.22. The van der Waals surface area contributed by atoms with Gasteiger partial charge in [-0.05, 0) is 36.1 Å². The third kappa shape index (κ3) is 3.33. The van der Waals surface area contributed by atoms with E-state index in [2.05, 4.69) is 32.2 Å². The first-order valence-corrected chi connectivity index (χ1v) is 6.25. The Hall–Kier alpha value is -1.35. The van der Waals surface area contributed by atoms with Gasteiger partial charge in [0.05, 0.1) is 5.92 Å². The molecule has 1 aromatic carbocycles. The SMILES string of the molecule is CNCC(C(=O)O)c1ccc(C(C)(C)C)cc1C. The van der Waals surface area contributed by atoms with Gasteiger partial charge >= 0.3 is 5.97 Å². The van der Waals surface area contributed by atoms with Gasteiger partial charge in [-0.3, -0.25) is 4.79 Å². The molecule has 0 radical (unpaired) electrons. The third-order valence-corrected chi connectivity index (χ3v) is 3.22. The molecule has 1 atom stereocenters. The Bertz CT molecular complexity index is 433. The largest absolute Gasteiger partial charge is 0.481 e. The molecule has 2 N–H and O–H groups in total. The van der Waals surface area contributed by atoms with Gasteiger partial charge in [0, 0.05) is 6.54 Å². The van der Waals surface area contributed by atoms with Gasteiger partial charge in [-0.2, -0.15) is 0 Å². The van der Waals surface area contributed by atoms with Crippen molar-refractivity contribution in [1.29, 1.82) is 0 Å². The van der Waals surface area contributed by atoms with E-state index in [0.717, 1.165) is 11.1 Å². The number of rotatable bonds is 4. The fourth-order valence-electron chi connectivity index (χ4n) is 2.07. The Morgan fingerprint density at radius 2 is 2.00 bits per heavy atom. The summed E-state index contributed by atoms with van der Waals surface area (Å²) in [5, 5.41) is 12.2. The molecule has 0 amide bonds. The number of likely N-dealkylation sites (N-methyl/N-ethyl adjacent to an activating group) is 1. The number of nitrogens with one attached hydrogen (secondary N) is 1. The molecule has 100 valence electrons. The highest BCUT2D eigenvalue weighted by Crippen LogP contribution is 2.27. The van der Waals surface area contributed by atoms with Crippen LogP contribution in [0.5, 0.6) is 0 Å². The Kier molecular flexibility index (Phi) is 4.52. The average molecular weight is 249 g/mol. The van der Waals surface area contributed by atoms with E-state index < -0.39 is 11.9 Å². The van der Waals surface area contributed by atoms with Gasteiger partial charge in [-0.25, -0.2) is 0 Å². The number of carboxylic acids is 1. The van der Waals surface area contributed by atoms with E-state index in [1.54, 1.807) is 7.05 Å². The minimum Gasteiger partial charge on any atom is -0.481 e. The normalized spacial score (nSPS) is 13.4. The van der Waals surface area contributed by atoms with E-state index in [0.29, 0.717) is 6.54 Å². The summed E-state index contributed by atoms with van der Waals surface area (Å²) in [4.78, 5) is 11.3. The van der Waals surface area contributed by atoms with Gasteiger partial charge in [0.1, 0.15) is 0 Å². The first-order valence-electron chi connectivity index (χ1n) is 6.25. The maximum atomic E-state index is 11.3. The predicted octanol–water partition coefficient (Wildman–Crippen LogP) is 2.68. The summed E-state index contributed by atoms with van der Waals surface area (Å²) in [6, 6.07) is 6.08. The molecule has 0 spiro atoms. The highest BCUT2D eigenvalue weighted by atomic mass is 16.4. The summed E-state index contributed by atoms with van der Waals surface area (Å²) >= 11 is 0. The van der Waals surface area contributed by atoms with Gasteiger partial charge in [-0.15, -0.1) is 0 Å². The molecule has 0 saturated heterocycles. The Labute approximate surface area is 109 Å². The van der Waals surface area contributed by atoms with E-state index in [9.17, 15) is 9.90 Å². The summed E-state index contributed by atoms with van der Waals surface area (Å²) in [5.74, 6) is -1.26. The van der Waals surface area contributed by atoms with Crippen molar-refractivity contribution < 1.29 is 9.90 Å². The number of carbonyl (C=O) groups is 1. The predicted molar refractivity (Wildman–Crippen MR) is 74.2 cm³/mol. The molecule has 1 aromatic rings. The Balaban J connectivity index is 3.15. The lowest BCUT2D eigenvalue weighted by molar-refractivity contribution is -0.138. The summed E-state index contributed by atoms with van der Waals surface area (Å²) in [6.45, 7) is 8.90. The molecule has 3 nitrogen and oxygen atoms in total. The molecule has 0 heterocycles. The standard InChI is InChI=1S/C15H23NO2/c1-10-8-11(15(2,3)4)6-7-12(10)13(9-16-5)14(17)18/h6-8,13,16H,9H2,1-5H3,(H,17,18). The minimum atomic E-state index is -0.782. The monoisotopic (exact) mass is 249 g/mol. The molecule has 0 bridgehead atoms. The summed E-state index contributed by atoms with van der Waals surface area (Å²) in [7, 11) is 1.77. The lowest BCUT2D eigenvalue weighted by Crippen LogP contribution is -2.25. The number of hydrogen-bond acceptors (Lipinski definition) is 2. The van der Waals surface area contributed by atoms with E-state index >= 15 is 0 Å². The maximum Gasteiger partial charge on any atom is 0.312 e. The Morgan fingerprint density at radius 1 is 1.39 bits per heavy atom. The van der Waals surface area contributed by atoms with Crippen molar-refractivity contribution in [2.45, 2.75) is 39.0 Å². The van der Waals surface area contributed by atoms with Gasteiger partial charge in [0.15, 0.2) is 0 Å². The lowest BCUT2D eigenvalue weighted by Gasteiger charge is -2.22. The van der Waals surface area contributed by atoms with E-state index in [1.165, 1.54) is 5.56 Å². The maximum absolute atomic E-state index is 11.3. The topological polar surface area (TPSA) is 49.3 Å². The number of hydrogen-bond donors (Lipinski definition) is 2. The molecular weight excluding hydrogens is 226 g/mol. The fourth-order valence-corrected chi connectivity index (χ4v) is 2.07. The summed E-state index contributed by atoms with van der Waals surface area (Å²) in [6.07, 6.45) is 0. The van der Waals surface area contributed by atoms with Crippen LogP contribution in [-0.2, 0) is 10.2 Å². The van der Waals surface area contributed by atoms with Crippen molar-refractivity contribution in [3.63, 3.8) is 0 Å². The van der Waals surface area contributed by atoms with Crippen LogP contribution in [0, 0.1) is 6.92 Å². The van der Waals surface area contributed by atoms with Crippen LogP contribution in [0.3, 0.4) is 0 Å². The number of carboxylic acid groups (broad SMARTS) is 1. The molecule has 1 rings (SSSR count). The van der Waals surface area contributed by atoms with Crippen LogP contribution in [0.15, 0.2) is 18.2 Å². The van der Waals surface area contributed by atoms with E-state index in [4.69, 9.17) is 0 Å². The first-order chi connectivity index (χ1) is 8.27. The molecular formula is C15H23NO2. The van der Waals surface area contributed by atoms with Gasteiger partial charge in [0.25, 0.3) is 0 Å². The molecule has 0 aliphatic rings. The lowest BCUT2D eigenvalue weighted by atomic mass is 9.83. The van der Waals surface area contributed by atoms with Crippen LogP contribution >= 0.6 is 0 Å². The zero-order chi connectivity index (χ0) is 13.9. The second-order valence-corrected chi connectivity index (χ2v) is 5.77. The second kappa shape index (κ2) is 5.53. The quantitative estimate of drug-likeness (QED) is 0.862. The van der Waals surface area contributed by atoms with Crippen molar-refractivity contribution >= 4 is 5.97 Å². The van der Waals surface area contributed by atoms with Crippen LogP contribution in [-0.4, -0.2) is 24.7 Å². The van der Waals surface area contributed by atoms with Gasteiger partial charge in [-0.1, -0.05) is 39.0 Å².